The molecule has 0 unspecified atom stereocenters. The number of hydrogen-bond donors (Lipinski definition) is 2. The molecule has 0 spiro atoms. The van der Waals surface area contributed by atoms with E-state index < -0.39 is 11.9 Å². The summed E-state index contributed by atoms with van der Waals surface area (Å²) in [6.07, 6.45) is 1.35. The molecule has 0 saturated carbocycles. The summed E-state index contributed by atoms with van der Waals surface area (Å²) >= 11 is 0. The largest absolute Gasteiger partial charge is 0.435 e. The first kappa shape index (κ1) is 24.0. The Morgan fingerprint density at radius 3 is 2.56 bits per heavy atom. The molecular weight excluding hydrogens is 472 g/mol. The predicted octanol–water partition coefficient (Wildman–Crippen LogP) is 2.99. The van der Waals surface area contributed by atoms with Crippen LogP contribution in [0.2, 0.25) is 0 Å². The Morgan fingerprint density at radius 1 is 1.33 bits per heavy atom. The van der Waals surface area contributed by atoms with Crippen LogP contribution in [0, 0.1) is 0 Å². The quantitative estimate of drug-likeness (QED) is 0.357. The Morgan fingerprint density at radius 2 is 2.00 bits per heavy atom. The minimum Gasteiger partial charge on any atom is -0.354 e. The lowest BCUT2D eigenvalue weighted by Crippen LogP contribution is -2.48. The Bertz CT molecular complexity index is 594. The Labute approximate surface area is 176 Å². The summed E-state index contributed by atoms with van der Waals surface area (Å²) in [5.41, 5.74) is -0.746. The van der Waals surface area contributed by atoms with Crippen LogP contribution in [0.15, 0.2) is 11.2 Å². The summed E-state index contributed by atoms with van der Waals surface area (Å²) < 4.78 is 40.2. The van der Waals surface area contributed by atoms with Crippen LogP contribution in [-0.4, -0.2) is 53.4 Å². The Hall–Kier alpha value is -1.04. The molecule has 10 heteroatoms. The number of alkyl halides is 3. The van der Waals surface area contributed by atoms with Crippen molar-refractivity contribution >= 4 is 29.9 Å². The molecule has 1 aromatic rings. The van der Waals surface area contributed by atoms with E-state index >= 15 is 0 Å². The SMILES string of the molecule is CCCCN1CCC(NC(=NC)NCc2cn(C)nc2C(F)(F)F)CC1.I. The molecule has 1 aromatic heterocycles. The van der Waals surface area contributed by atoms with Crippen LogP contribution in [0.4, 0.5) is 13.2 Å². The van der Waals surface area contributed by atoms with E-state index in [1.807, 2.05) is 0 Å². The second kappa shape index (κ2) is 11.1. The average molecular weight is 502 g/mol. The molecule has 0 radical (unpaired) electrons. The van der Waals surface area contributed by atoms with E-state index in [0.29, 0.717) is 5.96 Å². The lowest BCUT2D eigenvalue weighted by atomic mass is 10.0. The number of rotatable bonds is 6. The van der Waals surface area contributed by atoms with Gasteiger partial charge in [-0.2, -0.15) is 18.3 Å². The van der Waals surface area contributed by atoms with Gasteiger partial charge in [-0.15, -0.1) is 24.0 Å². The maximum atomic E-state index is 13.0. The highest BCUT2D eigenvalue weighted by molar-refractivity contribution is 14.0. The number of aliphatic imine (C=N–C) groups is 1. The number of unbranched alkanes of at least 4 members (excludes halogenated alkanes) is 1. The van der Waals surface area contributed by atoms with E-state index in [0.717, 1.165) is 32.5 Å². The van der Waals surface area contributed by atoms with Crippen molar-refractivity contribution < 1.29 is 13.2 Å². The zero-order valence-corrected chi connectivity index (χ0v) is 18.5. The minimum atomic E-state index is -4.46. The maximum absolute atomic E-state index is 13.0. The third-order valence-electron chi connectivity index (χ3n) is 4.60. The van der Waals surface area contributed by atoms with Gasteiger partial charge in [0, 0.05) is 51.5 Å². The number of guanidine groups is 1. The van der Waals surface area contributed by atoms with Gasteiger partial charge in [-0.25, -0.2) is 0 Å². The molecule has 2 rings (SSSR count). The average Bonchev–Trinajstić information content (AvgIpc) is 2.99. The predicted molar refractivity (Wildman–Crippen MR) is 111 cm³/mol. The van der Waals surface area contributed by atoms with Gasteiger partial charge < -0.3 is 15.5 Å². The molecular formula is C17H30F3IN6. The molecule has 1 aliphatic heterocycles. The van der Waals surface area contributed by atoms with Crippen LogP contribution in [-0.2, 0) is 19.8 Å². The van der Waals surface area contributed by atoms with Gasteiger partial charge >= 0.3 is 6.18 Å². The van der Waals surface area contributed by atoms with Crippen molar-refractivity contribution in [1.82, 2.24) is 25.3 Å². The van der Waals surface area contributed by atoms with Gasteiger partial charge in [0.1, 0.15) is 0 Å². The fraction of sp³-hybridized carbons (Fsp3) is 0.765. The Kier molecular flexibility index (Phi) is 9.85. The van der Waals surface area contributed by atoms with E-state index in [4.69, 9.17) is 0 Å². The number of halogens is 4. The zero-order valence-electron chi connectivity index (χ0n) is 16.1. The number of piperidine rings is 1. The van der Waals surface area contributed by atoms with Crippen molar-refractivity contribution in [2.24, 2.45) is 12.0 Å². The molecule has 0 aliphatic carbocycles. The lowest BCUT2D eigenvalue weighted by molar-refractivity contribution is -0.142. The van der Waals surface area contributed by atoms with Crippen LogP contribution in [0.25, 0.3) is 0 Å². The van der Waals surface area contributed by atoms with Gasteiger partial charge in [0.15, 0.2) is 11.7 Å². The summed E-state index contributed by atoms with van der Waals surface area (Å²) in [5.74, 6) is 0.522. The first-order valence-electron chi connectivity index (χ1n) is 9.12. The first-order valence-corrected chi connectivity index (χ1v) is 9.12. The second-order valence-electron chi connectivity index (χ2n) is 6.71. The summed E-state index contributed by atoms with van der Waals surface area (Å²) in [5, 5.41) is 9.82. The van der Waals surface area contributed by atoms with Crippen LogP contribution in [0.5, 0.6) is 0 Å². The first-order chi connectivity index (χ1) is 12.3. The molecule has 0 bridgehead atoms. The molecule has 1 aliphatic rings. The summed E-state index contributed by atoms with van der Waals surface area (Å²) in [6.45, 7) is 5.43. The number of likely N-dealkylation sites (tertiary alicyclic amines) is 1. The highest BCUT2D eigenvalue weighted by Gasteiger charge is 2.36. The van der Waals surface area contributed by atoms with Crippen molar-refractivity contribution in [2.45, 2.75) is 51.4 Å². The fourth-order valence-electron chi connectivity index (χ4n) is 3.16. The summed E-state index contributed by atoms with van der Waals surface area (Å²) in [7, 11) is 3.11. The van der Waals surface area contributed by atoms with Crippen molar-refractivity contribution in [1.29, 1.82) is 0 Å². The van der Waals surface area contributed by atoms with Gasteiger partial charge in [0.2, 0.25) is 0 Å². The van der Waals surface area contributed by atoms with Crippen molar-refractivity contribution in [3.63, 3.8) is 0 Å². The number of nitrogens with one attached hydrogen (secondary N) is 2. The third kappa shape index (κ3) is 7.47. The van der Waals surface area contributed by atoms with Crippen molar-refractivity contribution in [3.05, 3.63) is 17.5 Å². The molecule has 6 nitrogen and oxygen atoms in total. The highest BCUT2D eigenvalue weighted by Crippen LogP contribution is 2.30. The standard InChI is InChI=1S/C17H29F3N6.HI/c1-4-5-8-26-9-6-14(7-10-26)23-16(21-2)22-11-13-12-25(3)24-15(13)17(18,19)20;/h12,14H,4-11H2,1-3H3,(H2,21,22,23);1H. The van der Waals surface area contributed by atoms with Crippen molar-refractivity contribution in [3.8, 4) is 0 Å². The smallest absolute Gasteiger partial charge is 0.354 e. The van der Waals surface area contributed by atoms with E-state index in [-0.39, 0.29) is 42.1 Å². The normalized spacial score (nSPS) is 16.9. The van der Waals surface area contributed by atoms with Gasteiger partial charge in [0.25, 0.3) is 0 Å². The number of hydrogen-bond acceptors (Lipinski definition) is 3. The third-order valence-corrected chi connectivity index (χ3v) is 4.60. The zero-order chi connectivity index (χ0) is 19.2. The maximum Gasteiger partial charge on any atom is 0.435 e. The number of aryl methyl sites for hydroxylation is 1. The molecule has 1 saturated heterocycles. The van der Waals surface area contributed by atoms with Gasteiger partial charge in [0.05, 0.1) is 0 Å². The Balaban J connectivity index is 0.00000364. The van der Waals surface area contributed by atoms with Gasteiger partial charge in [-0.05, 0) is 25.8 Å². The summed E-state index contributed by atoms with van der Waals surface area (Å²) in [4.78, 5) is 6.60. The molecule has 1 fully saturated rings. The topological polar surface area (TPSA) is 57.5 Å². The molecule has 0 aromatic carbocycles. The van der Waals surface area contributed by atoms with E-state index in [9.17, 15) is 13.2 Å². The van der Waals surface area contributed by atoms with Crippen LogP contribution < -0.4 is 10.6 Å². The van der Waals surface area contributed by atoms with Crippen LogP contribution in [0.3, 0.4) is 0 Å². The lowest BCUT2D eigenvalue weighted by Gasteiger charge is -2.33. The fourth-order valence-corrected chi connectivity index (χ4v) is 3.16. The van der Waals surface area contributed by atoms with E-state index in [1.54, 1.807) is 7.05 Å². The minimum absolute atomic E-state index is 0. The van der Waals surface area contributed by atoms with Crippen molar-refractivity contribution in [2.75, 3.05) is 26.7 Å². The number of aromatic nitrogens is 2. The molecule has 0 atom stereocenters. The highest BCUT2D eigenvalue weighted by atomic mass is 127. The van der Waals surface area contributed by atoms with Gasteiger partial charge in [-0.3, -0.25) is 9.67 Å². The monoisotopic (exact) mass is 502 g/mol. The number of nitrogens with zero attached hydrogens (tertiary/aromatic N) is 4. The molecule has 156 valence electrons. The molecule has 2 heterocycles. The van der Waals surface area contributed by atoms with Crippen LogP contribution in [0.1, 0.15) is 43.9 Å². The van der Waals surface area contributed by atoms with Gasteiger partial charge in [-0.1, -0.05) is 13.3 Å². The molecule has 2 N–H and O–H groups in total. The van der Waals surface area contributed by atoms with E-state index in [1.165, 1.54) is 30.8 Å². The molecule has 27 heavy (non-hydrogen) atoms. The summed E-state index contributed by atoms with van der Waals surface area (Å²) in [6, 6.07) is 0.287. The molecule has 0 amide bonds. The second-order valence-corrected chi connectivity index (χ2v) is 6.71. The van der Waals surface area contributed by atoms with Crippen LogP contribution >= 0.6 is 24.0 Å². The van der Waals surface area contributed by atoms with E-state index in [2.05, 4.69) is 32.5 Å².